The average Bonchev–Trinajstić information content (AvgIpc) is 2.79. The predicted octanol–water partition coefficient (Wildman–Crippen LogP) is 3.78. The Bertz CT molecular complexity index is 644. The van der Waals surface area contributed by atoms with Crippen molar-refractivity contribution in [3.05, 3.63) is 46.8 Å². The van der Waals surface area contributed by atoms with Crippen molar-refractivity contribution in [1.29, 1.82) is 0 Å². The summed E-state index contributed by atoms with van der Waals surface area (Å²) in [7, 11) is 0. The number of carboxylic acid groups (broad SMARTS) is 1. The van der Waals surface area contributed by atoms with Crippen molar-refractivity contribution in [1.82, 2.24) is 9.78 Å². The minimum absolute atomic E-state index is 0.391. The first-order chi connectivity index (χ1) is 10.1. The molecule has 0 aliphatic heterocycles. The summed E-state index contributed by atoms with van der Waals surface area (Å²) < 4.78 is 1.83. The lowest BCUT2D eigenvalue weighted by Crippen LogP contribution is -2.07. The second-order valence-corrected chi connectivity index (χ2v) is 5.27. The van der Waals surface area contributed by atoms with E-state index in [9.17, 15) is 9.90 Å². The monoisotopic (exact) mass is 286 g/mol. The van der Waals surface area contributed by atoms with Gasteiger partial charge in [0.1, 0.15) is 5.56 Å². The van der Waals surface area contributed by atoms with Crippen LogP contribution in [0.4, 0.5) is 0 Å². The highest BCUT2D eigenvalue weighted by molar-refractivity contribution is 5.90. The van der Waals surface area contributed by atoms with Crippen molar-refractivity contribution < 1.29 is 9.90 Å². The molecule has 0 fully saturated rings. The molecule has 0 aliphatic rings. The first-order valence-corrected chi connectivity index (χ1v) is 7.50. The molecule has 0 unspecified atom stereocenters. The van der Waals surface area contributed by atoms with E-state index in [2.05, 4.69) is 12.0 Å². The standard InChI is InChI=1S/C17H22N2O2/c1-4-8-13-16(17(20)21)15(9-5-2)19(18-13)14-11-7-6-10-12(14)3/h6-7,10-11H,4-5,8-9H2,1-3H3,(H,20,21). The van der Waals surface area contributed by atoms with Crippen LogP contribution in [0.5, 0.6) is 0 Å². The zero-order valence-corrected chi connectivity index (χ0v) is 12.9. The lowest BCUT2D eigenvalue weighted by atomic mass is 10.1. The molecule has 0 atom stereocenters. The molecular weight excluding hydrogens is 264 g/mol. The Balaban J connectivity index is 2.67. The molecular formula is C17H22N2O2. The minimum atomic E-state index is -0.873. The first-order valence-electron chi connectivity index (χ1n) is 7.50. The number of hydrogen-bond donors (Lipinski definition) is 1. The highest BCUT2D eigenvalue weighted by atomic mass is 16.4. The highest BCUT2D eigenvalue weighted by Crippen LogP contribution is 2.23. The van der Waals surface area contributed by atoms with E-state index in [4.69, 9.17) is 0 Å². The summed E-state index contributed by atoms with van der Waals surface area (Å²) in [4.78, 5) is 11.7. The van der Waals surface area contributed by atoms with Gasteiger partial charge in [-0.05, 0) is 31.4 Å². The minimum Gasteiger partial charge on any atom is -0.478 e. The zero-order chi connectivity index (χ0) is 15.4. The van der Waals surface area contributed by atoms with Crippen LogP contribution < -0.4 is 0 Å². The van der Waals surface area contributed by atoms with Crippen molar-refractivity contribution in [2.24, 2.45) is 0 Å². The second kappa shape index (κ2) is 6.57. The molecule has 0 aliphatic carbocycles. The van der Waals surface area contributed by atoms with Gasteiger partial charge in [0.05, 0.1) is 17.1 Å². The van der Waals surface area contributed by atoms with Crippen LogP contribution in [0.1, 0.15) is 54.0 Å². The molecule has 0 radical (unpaired) electrons. The summed E-state index contributed by atoms with van der Waals surface area (Å²) in [5, 5.41) is 14.2. The van der Waals surface area contributed by atoms with Gasteiger partial charge in [0.15, 0.2) is 0 Å². The van der Waals surface area contributed by atoms with Gasteiger partial charge in [0.2, 0.25) is 0 Å². The quantitative estimate of drug-likeness (QED) is 0.879. The topological polar surface area (TPSA) is 55.1 Å². The maximum Gasteiger partial charge on any atom is 0.339 e. The maximum absolute atomic E-state index is 11.7. The fraction of sp³-hybridized carbons (Fsp3) is 0.412. The molecule has 112 valence electrons. The smallest absolute Gasteiger partial charge is 0.339 e. The fourth-order valence-electron chi connectivity index (χ4n) is 2.63. The Morgan fingerprint density at radius 2 is 1.86 bits per heavy atom. The Labute approximate surface area is 125 Å². The Hall–Kier alpha value is -2.10. The lowest BCUT2D eigenvalue weighted by Gasteiger charge is -2.10. The molecule has 1 heterocycles. The summed E-state index contributed by atoms with van der Waals surface area (Å²) >= 11 is 0. The van der Waals surface area contributed by atoms with Crippen LogP contribution in [0, 0.1) is 6.92 Å². The van der Waals surface area contributed by atoms with Crippen LogP contribution in [0.2, 0.25) is 0 Å². The van der Waals surface area contributed by atoms with Gasteiger partial charge in [-0.25, -0.2) is 9.48 Å². The molecule has 0 spiro atoms. The van der Waals surface area contributed by atoms with Gasteiger partial charge in [-0.15, -0.1) is 0 Å². The molecule has 2 aromatic rings. The van der Waals surface area contributed by atoms with Crippen molar-refractivity contribution in [2.75, 3.05) is 0 Å². The molecule has 0 saturated heterocycles. The number of para-hydroxylation sites is 1. The molecule has 1 aromatic carbocycles. The van der Waals surface area contributed by atoms with Gasteiger partial charge in [0, 0.05) is 0 Å². The molecule has 1 N–H and O–H groups in total. The van der Waals surface area contributed by atoms with Crippen LogP contribution in [0.25, 0.3) is 5.69 Å². The van der Waals surface area contributed by atoms with Crippen molar-refractivity contribution in [3.63, 3.8) is 0 Å². The normalized spacial score (nSPS) is 10.8. The van der Waals surface area contributed by atoms with Crippen LogP contribution in [-0.4, -0.2) is 20.9 Å². The lowest BCUT2D eigenvalue weighted by molar-refractivity contribution is 0.0694. The Morgan fingerprint density at radius 3 is 2.43 bits per heavy atom. The fourth-order valence-corrected chi connectivity index (χ4v) is 2.63. The van der Waals surface area contributed by atoms with Crippen LogP contribution in [0.3, 0.4) is 0 Å². The Kier molecular flexibility index (Phi) is 4.78. The van der Waals surface area contributed by atoms with Gasteiger partial charge >= 0.3 is 5.97 Å². The third-order valence-electron chi connectivity index (χ3n) is 3.58. The van der Waals surface area contributed by atoms with Gasteiger partial charge < -0.3 is 5.11 Å². The summed E-state index contributed by atoms with van der Waals surface area (Å²) in [5.74, 6) is -0.873. The van der Waals surface area contributed by atoms with Gasteiger partial charge in [-0.2, -0.15) is 5.10 Å². The molecule has 1 aromatic heterocycles. The number of hydrogen-bond acceptors (Lipinski definition) is 2. The van der Waals surface area contributed by atoms with Crippen LogP contribution >= 0.6 is 0 Å². The van der Waals surface area contributed by atoms with Gasteiger partial charge in [-0.3, -0.25) is 0 Å². The van der Waals surface area contributed by atoms with E-state index in [1.807, 2.05) is 42.8 Å². The number of aromatic nitrogens is 2. The number of carboxylic acids is 1. The van der Waals surface area contributed by atoms with Crippen molar-refractivity contribution in [2.45, 2.75) is 46.5 Å². The van der Waals surface area contributed by atoms with Crippen LogP contribution in [-0.2, 0) is 12.8 Å². The van der Waals surface area contributed by atoms with E-state index in [1.54, 1.807) is 0 Å². The van der Waals surface area contributed by atoms with Gasteiger partial charge in [0.25, 0.3) is 0 Å². The summed E-state index contributed by atoms with van der Waals surface area (Å²) in [6.45, 7) is 6.12. The van der Waals surface area contributed by atoms with E-state index in [-0.39, 0.29) is 0 Å². The molecule has 4 heteroatoms. The largest absolute Gasteiger partial charge is 0.478 e. The van der Waals surface area contributed by atoms with Crippen molar-refractivity contribution in [3.8, 4) is 5.69 Å². The van der Waals surface area contributed by atoms with E-state index < -0.39 is 5.97 Å². The van der Waals surface area contributed by atoms with E-state index in [0.717, 1.165) is 29.8 Å². The Morgan fingerprint density at radius 1 is 1.19 bits per heavy atom. The third kappa shape index (κ3) is 2.99. The second-order valence-electron chi connectivity index (χ2n) is 5.27. The number of benzene rings is 1. The average molecular weight is 286 g/mol. The maximum atomic E-state index is 11.7. The third-order valence-corrected chi connectivity index (χ3v) is 3.58. The molecule has 21 heavy (non-hydrogen) atoms. The number of nitrogens with zero attached hydrogens (tertiary/aromatic N) is 2. The first kappa shape index (κ1) is 15.3. The predicted molar refractivity (Wildman–Crippen MR) is 83.3 cm³/mol. The number of rotatable bonds is 6. The van der Waals surface area contributed by atoms with E-state index >= 15 is 0 Å². The molecule has 0 bridgehead atoms. The van der Waals surface area contributed by atoms with Crippen molar-refractivity contribution >= 4 is 5.97 Å². The zero-order valence-electron chi connectivity index (χ0n) is 12.9. The van der Waals surface area contributed by atoms with E-state index in [1.165, 1.54) is 0 Å². The number of aryl methyl sites for hydroxylation is 2. The number of aromatic carboxylic acids is 1. The van der Waals surface area contributed by atoms with Crippen LogP contribution in [0.15, 0.2) is 24.3 Å². The summed E-state index contributed by atoms with van der Waals surface area (Å²) in [6.07, 6.45) is 3.18. The molecule has 2 rings (SSSR count). The highest BCUT2D eigenvalue weighted by Gasteiger charge is 2.23. The SMILES string of the molecule is CCCc1nn(-c2ccccc2C)c(CCC)c1C(=O)O. The van der Waals surface area contributed by atoms with E-state index in [0.29, 0.717) is 24.1 Å². The number of carbonyl (C=O) groups is 1. The molecule has 4 nitrogen and oxygen atoms in total. The molecule has 0 saturated carbocycles. The van der Waals surface area contributed by atoms with Gasteiger partial charge in [-0.1, -0.05) is 44.9 Å². The summed E-state index contributed by atoms with van der Waals surface area (Å²) in [6, 6.07) is 7.95. The molecule has 0 amide bonds. The summed E-state index contributed by atoms with van der Waals surface area (Å²) in [5.41, 5.74) is 3.95.